The number of furan rings is 1. The number of fused-ring (bicyclic) bond motifs is 3. The summed E-state index contributed by atoms with van der Waals surface area (Å²) < 4.78 is 83.1. The Hall–Kier alpha value is -2.39. The highest BCUT2D eigenvalue weighted by Gasteiger charge is 2.37. The number of halogens is 4. The molecule has 1 unspecified atom stereocenters. The van der Waals surface area contributed by atoms with Crippen molar-refractivity contribution >= 4 is 20.8 Å². The van der Waals surface area contributed by atoms with Gasteiger partial charge in [-0.2, -0.15) is 13.2 Å². The van der Waals surface area contributed by atoms with Crippen LogP contribution in [0.4, 0.5) is 17.6 Å². The fraction of sp³-hybridized carbons (Fsp3) is 0.263. The number of hydrogen-bond acceptors (Lipinski definition) is 4. The second-order valence-corrected chi connectivity index (χ2v) is 8.59. The summed E-state index contributed by atoms with van der Waals surface area (Å²) in [5.74, 6) is -0.504. The molecule has 1 atom stereocenters. The highest BCUT2D eigenvalue weighted by molar-refractivity contribution is 7.91. The first-order chi connectivity index (χ1) is 13.1. The molecule has 1 aliphatic heterocycles. The summed E-state index contributed by atoms with van der Waals surface area (Å²) >= 11 is 0. The van der Waals surface area contributed by atoms with E-state index in [0.717, 1.165) is 12.1 Å². The second kappa shape index (κ2) is 6.59. The number of nitrogens with one attached hydrogen (secondary N) is 1. The van der Waals surface area contributed by atoms with E-state index in [2.05, 4.69) is 5.32 Å². The third kappa shape index (κ3) is 3.40. The van der Waals surface area contributed by atoms with E-state index in [-0.39, 0.29) is 21.1 Å². The molecule has 0 saturated heterocycles. The van der Waals surface area contributed by atoms with Crippen LogP contribution in [0, 0.1) is 5.82 Å². The van der Waals surface area contributed by atoms with Crippen LogP contribution in [0.1, 0.15) is 23.8 Å². The van der Waals surface area contributed by atoms with Crippen molar-refractivity contribution in [2.75, 3.05) is 6.54 Å². The predicted molar refractivity (Wildman–Crippen MR) is 93.2 cm³/mol. The molecule has 2 aromatic carbocycles. The Bertz CT molecular complexity index is 1150. The first kappa shape index (κ1) is 18.9. The van der Waals surface area contributed by atoms with Crippen LogP contribution < -0.4 is 5.32 Å². The van der Waals surface area contributed by atoms with Crippen LogP contribution >= 0.6 is 0 Å². The van der Waals surface area contributed by atoms with Crippen molar-refractivity contribution in [3.63, 3.8) is 0 Å². The molecular weight excluding hydrogens is 398 g/mol. The zero-order chi connectivity index (χ0) is 20.1. The van der Waals surface area contributed by atoms with Gasteiger partial charge in [0.15, 0.2) is 0 Å². The van der Waals surface area contributed by atoms with Crippen molar-refractivity contribution < 1.29 is 30.4 Å². The molecule has 0 radical (unpaired) electrons. The van der Waals surface area contributed by atoms with Gasteiger partial charge in [-0.1, -0.05) is 6.07 Å². The Labute approximate surface area is 158 Å². The maximum Gasteiger partial charge on any atom is 0.391 e. The van der Waals surface area contributed by atoms with Crippen LogP contribution in [0.15, 0.2) is 56.7 Å². The summed E-state index contributed by atoms with van der Waals surface area (Å²) in [5.41, 5.74) is 0.844. The monoisotopic (exact) mass is 413 g/mol. The SMILES string of the molecule is O=S(=O)(c1cccc(F)c1)c1ccc2c3c(oc2c1)C(CC(F)(F)F)NCC3. The van der Waals surface area contributed by atoms with E-state index >= 15 is 0 Å². The number of rotatable bonds is 3. The minimum Gasteiger partial charge on any atom is -0.459 e. The minimum absolute atomic E-state index is 0.114. The molecule has 0 amide bonds. The Kier molecular flexibility index (Phi) is 4.46. The van der Waals surface area contributed by atoms with Crippen LogP contribution in [0.2, 0.25) is 0 Å². The smallest absolute Gasteiger partial charge is 0.391 e. The standard InChI is InChI=1S/C19H15F4NO3S/c20-11-2-1-3-12(8-11)28(25,26)13-4-5-14-15-6-7-24-16(10-19(21,22)23)18(15)27-17(14)9-13/h1-5,8-9,16,24H,6-7,10H2. The lowest BCUT2D eigenvalue weighted by Gasteiger charge is -2.23. The highest BCUT2D eigenvalue weighted by atomic mass is 32.2. The molecule has 9 heteroatoms. The predicted octanol–water partition coefficient (Wildman–Crippen LogP) is 4.54. The summed E-state index contributed by atoms with van der Waals surface area (Å²) in [6.45, 7) is 0.367. The maximum atomic E-state index is 13.4. The van der Waals surface area contributed by atoms with E-state index in [9.17, 15) is 26.0 Å². The van der Waals surface area contributed by atoms with Gasteiger partial charge in [0.2, 0.25) is 9.84 Å². The molecule has 3 aromatic rings. The van der Waals surface area contributed by atoms with Crippen LogP contribution in [0.25, 0.3) is 11.0 Å². The van der Waals surface area contributed by atoms with Crippen molar-refractivity contribution in [2.45, 2.75) is 34.9 Å². The fourth-order valence-corrected chi connectivity index (χ4v) is 4.79. The van der Waals surface area contributed by atoms with Crippen LogP contribution in [0.5, 0.6) is 0 Å². The normalized spacial score (nSPS) is 17.6. The first-order valence-electron chi connectivity index (χ1n) is 8.51. The van der Waals surface area contributed by atoms with Gasteiger partial charge in [-0.25, -0.2) is 12.8 Å². The van der Waals surface area contributed by atoms with Gasteiger partial charge < -0.3 is 9.73 Å². The zero-order valence-electron chi connectivity index (χ0n) is 14.4. The third-order valence-corrected chi connectivity index (χ3v) is 6.48. The molecule has 1 aromatic heterocycles. The molecule has 2 heterocycles. The summed E-state index contributed by atoms with van der Waals surface area (Å²) in [5, 5.41) is 3.38. The van der Waals surface area contributed by atoms with E-state index in [1.807, 2.05) is 0 Å². The molecule has 4 rings (SSSR count). The number of benzene rings is 2. The van der Waals surface area contributed by atoms with Gasteiger partial charge in [-0.05, 0) is 36.8 Å². The quantitative estimate of drug-likeness (QED) is 0.641. The average molecular weight is 413 g/mol. The Morgan fingerprint density at radius 3 is 2.57 bits per heavy atom. The molecule has 4 nitrogen and oxygen atoms in total. The fourth-order valence-electron chi connectivity index (χ4n) is 3.49. The van der Waals surface area contributed by atoms with Crippen molar-refractivity contribution in [3.8, 4) is 0 Å². The van der Waals surface area contributed by atoms with Crippen molar-refractivity contribution in [1.29, 1.82) is 0 Å². The number of hydrogen-bond donors (Lipinski definition) is 1. The molecular formula is C19H15F4NO3S. The van der Waals surface area contributed by atoms with E-state index in [0.29, 0.717) is 23.9 Å². The molecule has 0 bridgehead atoms. The number of alkyl halides is 3. The van der Waals surface area contributed by atoms with Gasteiger partial charge in [0.1, 0.15) is 17.2 Å². The molecule has 1 N–H and O–H groups in total. The lowest BCUT2D eigenvalue weighted by Crippen LogP contribution is -2.32. The van der Waals surface area contributed by atoms with Gasteiger partial charge in [-0.15, -0.1) is 0 Å². The van der Waals surface area contributed by atoms with Gasteiger partial charge in [0.05, 0.1) is 22.3 Å². The van der Waals surface area contributed by atoms with Crippen LogP contribution in [-0.2, 0) is 16.3 Å². The number of sulfone groups is 1. The molecule has 1 aliphatic rings. The van der Waals surface area contributed by atoms with Gasteiger partial charge in [0.25, 0.3) is 0 Å². The molecule has 0 saturated carbocycles. The largest absolute Gasteiger partial charge is 0.459 e. The van der Waals surface area contributed by atoms with Gasteiger partial charge in [-0.3, -0.25) is 0 Å². The summed E-state index contributed by atoms with van der Waals surface area (Å²) in [6.07, 6.45) is -4.96. The summed E-state index contributed by atoms with van der Waals surface area (Å²) in [4.78, 5) is -0.322. The molecule has 28 heavy (non-hydrogen) atoms. The van der Waals surface area contributed by atoms with Gasteiger partial charge in [0, 0.05) is 23.6 Å². The molecule has 0 fully saturated rings. The van der Waals surface area contributed by atoms with Crippen LogP contribution in [-0.4, -0.2) is 21.1 Å². The average Bonchev–Trinajstić information content (AvgIpc) is 2.99. The van der Waals surface area contributed by atoms with E-state index in [1.165, 1.54) is 30.3 Å². The summed E-state index contributed by atoms with van der Waals surface area (Å²) in [7, 11) is -3.99. The molecule has 0 aliphatic carbocycles. The lowest BCUT2D eigenvalue weighted by atomic mass is 9.98. The van der Waals surface area contributed by atoms with E-state index in [4.69, 9.17) is 4.42 Å². The summed E-state index contributed by atoms with van der Waals surface area (Å²) in [6, 6.07) is 7.77. The Morgan fingerprint density at radius 1 is 1.11 bits per heavy atom. The van der Waals surface area contributed by atoms with Crippen molar-refractivity contribution in [1.82, 2.24) is 5.32 Å². The van der Waals surface area contributed by atoms with Gasteiger partial charge >= 0.3 is 6.18 Å². The first-order valence-corrected chi connectivity index (χ1v) is 9.99. The molecule has 0 spiro atoms. The maximum absolute atomic E-state index is 13.4. The van der Waals surface area contributed by atoms with Crippen molar-refractivity contribution in [2.24, 2.45) is 0 Å². The van der Waals surface area contributed by atoms with E-state index in [1.54, 1.807) is 0 Å². The zero-order valence-corrected chi connectivity index (χ0v) is 15.2. The topological polar surface area (TPSA) is 59.3 Å². The Balaban J connectivity index is 1.79. The lowest BCUT2D eigenvalue weighted by molar-refractivity contribution is -0.141. The Morgan fingerprint density at radius 2 is 1.86 bits per heavy atom. The van der Waals surface area contributed by atoms with E-state index < -0.39 is 34.3 Å². The second-order valence-electron chi connectivity index (χ2n) is 6.64. The highest BCUT2D eigenvalue weighted by Crippen LogP contribution is 2.39. The minimum atomic E-state index is -4.36. The van der Waals surface area contributed by atoms with Crippen LogP contribution in [0.3, 0.4) is 0 Å². The third-order valence-electron chi connectivity index (χ3n) is 4.73. The van der Waals surface area contributed by atoms with Crippen molar-refractivity contribution in [3.05, 3.63) is 59.6 Å². The molecule has 148 valence electrons.